The van der Waals surface area contributed by atoms with Gasteiger partial charge in [-0.05, 0) is 55.7 Å². The van der Waals surface area contributed by atoms with Gasteiger partial charge in [-0.25, -0.2) is 8.42 Å². The largest absolute Gasteiger partial charge is 0.492 e. The Labute approximate surface area is 174 Å². The fourth-order valence-corrected chi connectivity index (χ4v) is 5.29. The number of carbonyl (C=O) groups excluding carboxylic acids is 1. The summed E-state index contributed by atoms with van der Waals surface area (Å²) >= 11 is 3.36. The lowest BCUT2D eigenvalue weighted by atomic mass is 10.1. The van der Waals surface area contributed by atoms with E-state index in [1.807, 2.05) is 6.92 Å². The number of hydrogen-bond acceptors (Lipinski definition) is 4. The summed E-state index contributed by atoms with van der Waals surface area (Å²) in [6.07, 6.45) is 1.68. The zero-order chi connectivity index (χ0) is 20.3. The van der Waals surface area contributed by atoms with E-state index in [0.717, 1.165) is 18.4 Å². The van der Waals surface area contributed by atoms with E-state index in [1.54, 1.807) is 49.5 Å². The Balaban J connectivity index is 1.92. The lowest BCUT2D eigenvalue weighted by Crippen LogP contribution is -2.33. The second-order valence-electron chi connectivity index (χ2n) is 6.58. The normalized spacial score (nSPS) is 14.1. The third-order valence-corrected chi connectivity index (χ3v) is 6.94. The highest BCUT2D eigenvalue weighted by Gasteiger charge is 2.39. The molecule has 0 aromatic heterocycles. The van der Waals surface area contributed by atoms with Crippen molar-refractivity contribution in [1.29, 1.82) is 0 Å². The molecule has 1 aliphatic rings. The Morgan fingerprint density at radius 1 is 1.21 bits per heavy atom. The standard InChI is InChI=1S/C20H23BrN2O4S/c1-3-27-18-11-8-16(21)12-19(18)28(25,26)23(17-9-10-17)13-14-4-6-15(7-5-14)20(24)22-2/h4-8,11-12,17H,3,9-10,13H2,1-2H3,(H,22,24). The van der Waals surface area contributed by atoms with Gasteiger partial charge in [0.05, 0.1) is 6.61 Å². The van der Waals surface area contributed by atoms with Crippen molar-refractivity contribution in [3.05, 3.63) is 58.1 Å². The van der Waals surface area contributed by atoms with Crippen LogP contribution in [0.2, 0.25) is 0 Å². The van der Waals surface area contributed by atoms with Crippen LogP contribution in [0.3, 0.4) is 0 Å². The van der Waals surface area contributed by atoms with Gasteiger partial charge in [0.1, 0.15) is 10.6 Å². The molecule has 28 heavy (non-hydrogen) atoms. The summed E-state index contributed by atoms with van der Waals surface area (Å²) in [4.78, 5) is 11.9. The molecule has 0 unspecified atom stereocenters. The maximum Gasteiger partial charge on any atom is 0.251 e. The quantitative estimate of drug-likeness (QED) is 0.644. The van der Waals surface area contributed by atoms with Gasteiger partial charge < -0.3 is 10.1 Å². The number of nitrogens with one attached hydrogen (secondary N) is 1. The molecule has 0 bridgehead atoms. The molecule has 6 nitrogen and oxygen atoms in total. The van der Waals surface area contributed by atoms with E-state index >= 15 is 0 Å². The van der Waals surface area contributed by atoms with Gasteiger partial charge in [-0.1, -0.05) is 28.1 Å². The number of rotatable bonds is 8. The number of ether oxygens (including phenoxy) is 1. The Morgan fingerprint density at radius 3 is 2.46 bits per heavy atom. The van der Waals surface area contributed by atoms with Crippen LogP contribution in [0.4, 0.5) is 0 Å². The number of benzene rings is 2. The molecule has 0 spiro atoms. The van der Waals surface area contributed by atoms with Gasteiger partial charge in [-0.3, -0.25) is 4.79 Å². The van der Waals surface area contributed by atoms with Crippen LogP contribution >= 0.6 is 15.9 Å². The van der Waals surface area contributed by atoms with E-state index in [1.165, 1.54) is 4.31 Å². The molecule has 0 heterocycles. The second kappa shape index (κ2) is 8.63. The van der Waals surface area contributed by atoms with Gasteiger partial charge in [-0.2, -0.15) is 4.31 Å². The Kier molecular flexibility index (Phi) is 6.42. The molecule has 1 amide bonds. The molecule has 0 atom stereocenters. The molecule has 3 rings (SSSR count). The highest BCUT2D eigenvalue weighted by molar-refractivity contribution is 9.10. The van der Waals surface area contributed by atoms with Crippen LogP contribution in [0.15, 0.2) is 51.8 Å². The minimum absolute atomic E-state index is 0.0166. The highest BCUT2D eigenvalue weighted by Crippen LogP contribution is 2.37. The first-order valence-electron chi connectivity index (χ1n) is 9.12. The van der Waals surface area contributed by atoms with Gasteiger partial charge in [0.2, 0.25) is 10.0 Å². The van der Waals surface area contributed by atoms with Gasteiger partial charge in [0, 0.05) is 29.7 Å². The molecule has 2 aromatic carbocycles. The third-order valence-electron chi connectivity index (χ3n) is 4.53. The topological polar surface area (TPSA) is 75.7 Å². The molecule has 0 radical (unpaired) electrons. The fraction of sp³-hybridized carbons (Fsp3) is 0.350. The molecule has 1 aliphatic carbocycles. The third kappa shape index (κ3) is 4.56. The molecule has 150 valence electrons. The van der Waals surface area contributed by atoms with Crippen LogP contribution < -0.4 is 10.1 Å². The van der Waals surface area contributed by atoms with Crippen LogP contribution in [0.25, 0.3) is 0 Å². The van der Waals surface area contributed by atoms with Crippen molar-refractivity contribution in [3.8, 4) is 5.75 Å². The number of sulfonamides is 1. The van der Waals surface area contributed by atoms with Crippen LogP contribution in [0, 0.1) is 0 Å². The number of amides is 1. The number of nitrogens with zero attached hydrogens (tertiary/aromatic N) is 1. The molecule has 0 saturated heterocycles. The molecular formula is C20H23BrN2O4S. The van der Waals surface area contributed by atoms with E-state index < -0.39 is 10.0 Å². The number of hydrogen-bond donors (Lipinski definition) is 1. The molecular weight excluding hydrogens is 444 g/mol. The van der Waals surface area contributed by atoms with Gasteiger partial charge >= 0.3 is 0 Å². The van der Waals surface area contributed by atoms with E-state index in [2.05, 4.69) is 21.2 Å². The summed E-state index contributed by atoms with van der Waals surface area (Å²) in [6, 6.07) is 12.0. The first-order chi connectivity index (χ1) is 13.4. The van der Waals surface area contributed by atoms with Gasteiger partial charge in [-0.15, -0.1) is 0 Å². The Morgan fingerprint density at radius 2 is 1.89 bits per heavy atom. The van der Waals surface area contributed by atoms with Gasteiger partial charge in [0.25, 0.3) is 5.91 Å². The maximum absolute atomic E-state index is 13.4. The van der Waals surface area contributed by atoms with Crippen molar-refractivity contribution in [2.45, 2.75) is 37.2 Å². The summed E-state index contributed by atoms with van der Waals surface area (Å²) in [5.74, 6) is 0.181. The van der Waals surface area contributed by atoms with Crippen molar-refractivity contribution in [2.24, 2.45) is 0 Å². The smallest absolute Gasteiger partial charge is 0.251 e. The second-order valence-corrected chi connectivity index (χ2v) is 9.36. The SMILES string of the molecule is CCOc1ccc(Br)cc1S(=O)(=O)N(Cc1ccc(C(=O)NC)cc1)C1CC1. The number of halogens is 1. The predicted octanol–water partition coefficient (Wildman–Crippen LogP) is 3.56. The van der Waals surface area contributed by atoms with Crippen LogP contribution in [-0.4, -0.2) is 38.3 Å². The lowest BCUT2D eigenvalue weighted by Gasteiger charge is -2.23. The average molecular weight is 467 g/mol. The molecule has 1 fully saturated rings. The average Bonchev–Trinajstić information content (AvgIpc) is 3.52. The first-order valence-corrected chi connectivity index (χ1v) is 11.3. The summed E-state index contributed by atoms with van der Waals surface area (Å²) in [7, 11) is -2.17. The summed E-state index contributed by atoms with van der Waals surface area (Å²) in [5.41, 5.74) is 1.37. The molecule has 0 aliphatic heterocycles. The number of carbonyl (C=O) groups is 1. The monoisotopic (exact) mass is 466 g/mol. The van der Waals surface area contributed by atoms with E-state index in [0.29, 0.717) is 22.4 Å². The Bertz CT molecular complexity index is 957. The van der Waals surface area contributed by atoms with Crippen LogP contribution in [-0.2, 0) is 16.6 Å². The summed E-state index contributed by atoms with van der Waals surface area (Å²) in [6.45, 7) is 2.46. The van der Waals surface area contributed by atoms with E-state index in [4.69, 9.17) is 4.74 Å². The lowest BCUT2D eigenvalue weighted by molar-refractivity contribution is 0.0963. The zero-order valence-electron chi connectivity index (χ0n) is 15.8. The summed E-state index contributed by atoms with van der Waals surface area (Å²) in [5, 5.41) is 2.58. The van der Waals surface area contributed by atoms with Crippen molar-refractivity contribution >= 4 is 31.9 Å². The van der Waals surface area contributed by atoms with Crippen molar-refractivity contribution in [3.63, 3.8) is 0 Å². The molecule has 1 saturated carbocycles. The predicted molar refractivity (Wildman–Crippen MR) is 111 cm³/mol. The first kappa shape index (κ1) is 20.8. The van der Waals surface area contributed by atoms with Crippen LogP contribution in [0.5, 0.6) is 5.75 Å². The van der Waals surface area contributed by atoms with Crippen LogP contribution in [0.1, 0.15) is 35.7 Å². The fourth-order valence-electron chi connectivity index (χ4n) is 2.94. The zero-order valence-corrected chi connectivity index (χ0v) is 18.2. The van der Waals surface area contributed by atoms with Crippen molar-refractivity contribution in [1.82, 2.24) is 9.62 Å². The van der Waals surface area contributed by atoms with E-state index in [9.17, 15) is 13.2 Å². The minimum atomic E-state index is -3.74. The Hall–Kier alpha value is -1.90. The molecule has 8 heteroatoms. The van der Waals surface area contributed by atoms with Gasteiger partial charge in [0.15, 0.2) is 0 Å². The highest BCUT2D eigenvalue weighted by atomic mass is 79.9. The molecule has 1 N–H and O–H groups in total. The van der Waals surface area contributed by atoms with E-state index in [-0.39, 0.29) is 23.4 Å². The maximum atomic E-state index is 13.4. The van der Waals surface area contributed by atoms with Crippen molar-refractivity contribution in [2.75, 3.05) is 13.7 Å². The summed E-state index contributed by atoms with van der Waals surface area (Å²) < 4.78 is 34.7. The minimum Gasteiger partial charge on any atom is -0.492 e. The molecule has 2 aromatic rings. The van der Waals surface area contributed by atoms with Crippen molar-refractivity contribution < 1.29 is 17.9 Å².